The van der Waals surface area contributed by atoms with Crippen molar-refractivity contribution in [2.24, 2.45) is 0 Å². The summed E-state index contributed by atoms with van der Waals surface area (Å²) in [7, 11) is 0.799. The Hall–Kier alpha value is -3.10. The molecule has 1 aromatic heterocycles. The van der Waals surface area contributed by atoms with Crippen LogP contribution in [0.2, 0.25) is 0 Å². The summed E-state index contributed by atoms with van der Waals surface area (Å²) in [6.45, 7) is 3.33. The molecule has 2 rings (SSSR count). The molecule has 27 heavy (non-hydrogen) atoms. The summed E-state index contributed by atoms with van der Waals surface area (Å²) in [5, 5.41) is 3.74. The summed E-state index contributed by atoms with van der Waals surface area (Å²) in [6.07, 6.45) is -3.94. The maximum Gasteiger partial charge on any atom is 0.441 e. The predicted molar refractivity (Wildman–Crippen MR) is 92.0 cm³/mol. The molecule has 2 aromatic rings. The van der Waals surface area contributed by atoms with Crippen LogP contribution in [-0.2, 0) is 9.53 Å². The lowest BCUT2D eigenvalue weighted by Crippen LogP contribution is -2.69. The van der Waals surface area contributed by atoms with Crippen molar-refractivity contribution in [3.63, 3.8) is 0 Å². The first-order valence-corrected chi connectivity index (χ1v) is 7.84. The fourth-order valence-corrected chi connectivity index (χ4v) is 2.37. The van der Waals surface area contributed by atoms with Crippen molar-refractivity contribution >= 4 is 17.7 Å². The van der Waals surface area contributed by atoms with E-state index >= 15 is 0 Å². The van der Waals surface area contributed by atoms with Crippen molar-refractivity contribution in [2.45, 2.75) is 25.7 Å². The van der Waals surface area contributed by atoms with Crippen LogP contribution in [0.5, 0.6) is 0 Å². The van der Waals surface area contributed by atoms with Gasteiger partial charge in [-0.15, -0.1) is 0 Å². The second kappa shape index (κ2) is 7.65. The van der Waals surface area contributed by atoms with E-state index in [1.807, 2.05) is 5.32 Å². The van der Waals surface area contributed by atoms with Crippen LogP contribution >= 0.6 is 0 Å². The molecule has 1 aromatic carbocycles. The lowest BCUT2D eigenvalue weighted by atomic mass is 10.1. The minimum Gasteiger partial charge on any atom is -0.466 e. The highest BCUT2D eigenvalue weighted by atomic mass is 19.4. The molecular formula is C18H18F3N3O3. The van der Waals surface area contributed by atoms with Gasteiger partial charge in [0.25, 0.3) is 5.91 Å². The van der Waals surface area contributed by atoms with Gasteiger partial charge in [0.2, 0.25) is 0 Å². The lowest BCUT2D eigenvalue weighted by molar-refractivity contribution is -0.203. The van der Waals surface area contributed by atoms with E-state index < -0.39 is 23.7 Å². The molecule has 1 heterocycles. The molecule has 9 heteroatoms. The zero-order valence-electron chi connectivity index (χ0n) is 14.8. The number of aromatic nitrogens is 1. The number of hydrogen-bond donors (Lipinski definition) is 2. The van der Waals surface area contributed by atoms with Gasteiger partial charge in [-0.25, -0.2) is 9.78 Å². The van der Waals surface area contributed by atoms with Gasteiger partial charge >= 0.3 is 17.8 Å². The molecule has 0 saturated carbocycles. The monoisotopic (exact) mass is 381 g/mol. The van der Waals surface area contributed by atoms with Crippen LogP contribution in [0, 0.1) is 13.8 Å². The summed E-state index contributed by atoms with van der Waals surface area (Å²) in [5.41, 5.74) is -2.26. The average Bonchev–Trinajstić information content (AvgIpc) is 2.59. The predicted octanol–water partition coefficient (Wildman–Crippen LogP) is 2.97. The molecular weight excluding hydrogens is 363 g/mol. The number of carbonyl (C=O) groups excluding carboxylic acids is 2. The van der Waals surface area contributed by atoms with Gasteiger partial charge in [0, 0.05) is 11.8 Å². The number of pyridine rings is 1. The highest BCUT2D eigenvalue weighted by Crippen LogP contribution is 2.33. The van der Waals surface area contributed by atoms with Crippen LogP contribution in [0.15, 0.2) is 42.6 Å². The maximum absolute atomic E-state index is 13.9. The molecule has 0 aliphatic rings. The zero-order chi connectivity index (χ0) is 20.2. The van der Waals surface area contributed by atoms with Gasteiger partial charge in [0.05, 0.1) is 7.11 Å². The Morgan fingerprint density at radius 2 is 1.74 bits per heavy atom. The Bertz CT molecular complexity index is 855. The first kappa shape index (κ1) is 20.2. The summed E-state index contributed by atoms with van der Waals surface area (Å²) in [5.74, 6) is -3.07. The molecule has 1 amide bonds. The fourth-order valence-electron chi connectivity index (χ4n) is 2.37. The molecule has 0 aliphatic heterocycles. The van der Waals surface area contributed by atoms with Gasteiger partial charge in [0.1, 0.15) is 5.82 Å². The first-order valence-electron chi connectivity index (χ1n) is 7.84. The van der Waals surface area contributed by atoms with E-state index in [0.717, 1.165) is 7.11 Å². The summed E-state index contributed by atoms with van der Waals surface area (Å²) in [4.78, 5) is 28.4. The van der Waals surface area contributed by atoms with Crippen LogP contribution in [0.3, 0.4) is 0 Å². The number of nitrogens with zero attached hydrogens (tertiary/aromatic N) is 1. The van der Waals surface area contributed by atoms with E-state index in [4.69, 9.17) is 0 Å². The van der Waals surface area contributed by atoms with Crippen LogP contribution in [0.4, 0.5) is 19.0 Å². The number of amides is 1. The Kier molecular flexibility index (Phi) is 5.72. The molecule has 0 fully saturated rings. The van der Waals surface area contributed by atoms with Crippen LogP contribution < -0.4 is 10.6 Å². The quantitative estimate of drug-likeness (QED) is 0.615. The third kappa shape index (κ3) is 4.36. The van der Waals surface area contributed by atoms with Crippen molar-refractivity contribution in [1.29, 1.82) is 0 Å². The van der Waals surface area contributed by atoms with Gasteiger partial charge in [-0.2, -0.15) is 13.2 Å². The van der Waals surface area contributed by atoms with E-state index in [1.54, 1.807) is 31.3 Å². The van der Waals surface area contributed by atoms with Crippen molar-refractivity contribution in [2.75, 3.05) is 12.4 Å². The van der Waals surface area contributed by atoms with E-state index in [-0.39, 0.29) is 11.4 Å². The highest BCUT2D eigenvalue weighted by molar-refractivity contribution is 5.99. The van der Waals surface area contributed by atoms with E-state index in [1.165, 1.54) is 30.5 Å². The number of esters is 1. The zero-order valence-corrected chi connectivity index (χ0v) is 14.8. The average molecular weight is 381 g/mol. The number of methoxy groups -OCH3 is 1. The third-order valence-corrected chi connectivity index (χ3v) is 3.73. The van der Waals surface area contributed by atoms with Crippen molar-refractivity contribution < 1.29 is 27.5 Å². The maximum atomic E-state index is 13.9. The van der Waals surface area contributed by atoms with Gasteiger partial charge in [-0.05, 0) is 43.7 Å². The largest absolute Gasteiger partial charge is 0.466 e. The van der Waals surface area contributed by atoms with Crippen molar-refractivity contribution in [1.82, 2.24) is 10.3 Å². The molecule has 0 radical (unpaired) electrons. The Labute approximate surface area is 153 Å². The molecule has 0 spiro atoms. The SMILES string of the molecule is COC(=O)[C@@](NC(=O)c1cccc(C)c1)(Nc1cc(C)ccn1)C(F)(F)F. The van der Waals surface area contributed by atoms with Gasteiger partial charge < -0.3 is 15.4 Å². The number of hydrogen-bond acceptors (Lipinski definition) is 5. The number of ether oxygens (including phenoxy) is 1. The van der Waals surface area contributed by atoms with Crippen molar-refractivity contribution in [3.8, 4) is 0 Å². The molecule has 144 valence electrons. The molecule has 1 atom stereocenters. The Morgan fingerprint density at radius 1 is 1.07 bits per heavy atom. The number of anilines is 1. The number of rotatable bonds is 5. The third-order valence-electron chi connectivity index (χ3n) is 3.73. The number of halogens is 3. The first-order chi connectivity index (χ1) is 12.6. The number of nitrogens with one attached hydrogen (secondary N) is 2. The molecule has 0 unspecified atom stereocenters. The van der Waals surface area contributed by atoms with Gasteiger partial charge in [0.15, 0.2) is 0 Å². The van der Waals surface area contributed by atoms with Crippen LogP contribution in [0.25, 0.3) is 0 Å². The molecule has 0 bridgehead atoms. The lowest BCUT2D eigenvalue weighted by Gasteiger charge is -2.34. The minimum atomic E-state index is -5.22. The van der Waals surface area contributed by atoms with E-state index in [0.29, 0.717) is 11.1 Å². The number of carbonyl (C=O) groups is 2. The number of aryl methyl sites for hydroxylation is 2. The normalized spacial score (nSPS) is 13.4. The van der Waals surface area contributed by atoms with E-state index in [9.17, 15) is 22.8 Å². The second-order valence-electron chi connectivity index (χ2n) is 5.91. The second-order valence-corrected chi connectivity index (χ2v) is 5.91. The highest BCUT2D eigenvalue weighted by Gasteiger charge is 2.63. The Morgan fingerprint density at radius 3 is 2.30 bits per heavy atom. The number of alkyl halides is 3. The van der Waals surface area contributed by atoms with E-state index in [2.05, 4.69) is 9.72 Å². The van der Waals surface area contributed by atoms with Crippen LogP contribution in [0.1, 0.15) is 21.5 Å². The topological polar surface area (TPSA) is 80.3 Å². The summed E-state index contributed by atoms with van der Waals surface area (Å²) >= 11 is 0. The van der Waals surface area contributed by atoms with Crippen molar-refractivity contribution in [3.05, 3.63) is 59.3 Å². The van der Waals surface area contributed by atoms with Crippen LogP contribution in [-0.4, -0.2) is 35.8 Å². The molecule has 0 saturated heterocycles. The smallest absolute Gasteiger partial charge is 0.441 e. The minimum absolute atomic E-state index is 0.0356. The van der Waals surface area contributed by atoms with Gasteiger partial charge in [-0.1, -0.05) is 17.7 Å². The standard InChI is InChI=1S/C18H18F3N3O3/c1-11-5-4-6-13(9-11)15(25)24-17(16(26)27-3,18(19,20)21)23-14-10-12(2)7-8-22-14/h4-10H,1-3H3,(H,22,23)(H,24,25)/t17-/m0/s1. The molecule has 2 N–H and O–H groups in total. The number of benzene rings is 1. The van der Waals surface area contributed by atoms with Gasteiger partial charge in [-0.3, -0.25) is 4.79 Å². The summed E-state index contributed by atoms with van der Waals surface area (Å²) in [6, 6.07) is 8.83. The molecule has 6 nitrogen and oxygen atoms in total. The fraction of sp³-hybridized carbons (Fsp3) is 0.278. The Balaban J connectivity index is 2.50. The molecule has 0 aliphatic carbocycles. The summed E-state index contributed by atoms with van der Waals surface area (Å²) < 4.78 is 46.2.